The summed E-state index contributed by atoms with van der Waals surface area (Å²) in [5.74, 6) is -0.649. The SMILES string of the molecule is O=C(Cc1ccc(F)c(Cl)c1)c1cnsn1. The van der Waals surface area contributed by atoms with Gasteiger partial charge in [0.2, 0.25) is 0 Å². The average molecular weight is 257 g/mol. The van der Waals surface area contributed by atoms with Gasteiger partial charge in [-0.15, -0.1) is 0 Å². The molecule has 6 heteroatoms. The minimum Gasteiger partial charge on any atom is -0.292 e. The van der Waals surface area contributed by atoms with Crippen LogP contribution in [-0.4, -0.2) is 14.5 Å². The number of Topliss-reactive ketones (excluding diaryl/α,β-unsaturated/α-hetero) is 1. The largest absolute Gasteiger partial charge is 0.292 e. The van der Waals surface area contributed by atoms with Crippen molar-refractivity contribution in [2.45, 2.75) is 6.42 Å². The van der Waals surface area contributed by atoms with E-state index in [-0.39, 0.29) is 17.2 Å². The lowest BCUT2D eigenvalue weighted by Gasteiger charge is -2.00. The first-order valence-electron chi connectivity index (χ1n) is 4.41. The van der Waals surface area contributed by atoms with E-state index in [2.05, 4.69) is 8.75 Å². The number of hydrogen-bond acceptors (Lipinski definition) is 4. The topological polar surface area (TPSA) is 42.9 Å². The molecule has 0 unspecified atom stereocenters. The standard InChI is InChI=1S/C10H6ClFN2OS/c11-7-3-6(1-2-8(7)12)4-10(15)9-5-13-16-14-9/h1-3,5H,4H2. The van der Waals surface area contributed by atoms with Gasteiger partial charge in [-0.25, -0.2) is 4.39 Å². The highest BCUT2D eigenvalue weighted by atomic mass is 35.5. The van der Waals surface area contributed by atoms with Crippen molar-refractivity contribution in [2.75, 3.05) is 0 Å². The third-order valence-electron chi connectivity index (χ3n) is 2.00. The third kappa shape index (κ3) is 2.43. The number of rotatable bonds is 3. The Hall–Kier alpha value is -1.33. The number of hydrogen-bond donors (Lipinski definition) is 0. The van der Waals surface area contributed by atoms with Gasteiger partial charge in [-0.05, 0) is 17.7 Å². The van der Waals surface area contributed by atoms with E-state index in [9.17, 15) is 9.18 Å². The number of nitrogens with zero attached hydrogens (tertiary/aromatic N) is 2. The summed E-state index contributed by atoms with van der Waals surface area (Å²) in [7, 11) is 0. The Labute approximate surface area is 100 Å². The molecule has 82 valence electrons. The number of halogens is 2. The maximum absolute atomic E-state index is 12.9. The monoisotopic (exact) mass is 256 g/mol. The Morgan fingerprint density at radius 1 is 1.50 bits per heavy atom. The van der Waals surface area contributed by atoms with E-state index >= 15 is 0 Å². The van der Waals surface area contributed by atoms with Crippen molar-refractivity contribution in [3.8, 4) is 0 Å². The van der Waals surface area contributed by atoms with Crippen molar-refractivity contribution in [1.29, 1.82) is 0 Å². The van der Waals surface area contributed by atoms with Crippen molar-refractivity contribution in [1.82, 2.24) is 8.75 Å². The maximum atomic E-state index is 12.9. The van der Waals surface area contributed by atoms with Crippen LogP contribution in [0, 0.1) is 5.82 Å². The lowest BCUT2D eigenvalue weighted by Crippen LogP contribution is -2.03. The quantitative estimate of drug-likeness (QED) is 0.793. The van der Waals surface area contributed by atoms with Gasteiger partial charge in [-0.1, -0.05) is 17.7 Å². The van der Waals surface area contributed by atoms with E-state index in [1.807, 2.05) is 0 Å². The van der Waals surface area contributed by atoms with Gasteiger partial charge in [0.1, 0.15) is 11.5 Å². The highest BCUT2D eigenvalue weighted by molar-refractivity contribution is 6.99. The average Bonchev–Trinajstić information content (AvgIpc) is 2.77. The van der Waals surface area contributed by atoms with Crippen LogP contribution < -0.4 is 0 Å². The molecule has 3 nitrogen and oxygen atoms in total. The predicted octanol–water partition coefficient (Wildman–Crippen LogP) is 2.76. The second-order valence-corrected chi connectivity index (χ2v) is 4.10. The molecule has 2 rings (SSSR count). The number of carbonyl (C=O) groups excluding carboxylic acids is 1. The van der Waals surface area contributed by atoms with Gasteiger partial charge in [-0.2, -0.15) is 8.75 Å². The molecule has 0 fully saturated rings. The van der Waals surface area contributed by atoms with Crippen molar-refractivity contribution in [2.24, 2.45) is 0 Å². The van der Waals surface area contributed by atoms with E-state index in [0.29, 0.717) is 11.3 Å². The van der Waals surface area contributed by atoms with Crippen LogP contribution in [-0.2, 0) is 6.42 Å². The highest BCUT2D eigenvalue weighted by Crippen LogP contribution is 2.17. The van der Waals surface area contributed by atoms with Crippen molar-refractivity contribution >= 4 is 29.1 Å². The molecule has 0 spiro atoms. The first kappa shape index (κ1) is 11.2. The molecular weight excluding hydrogens is 251 g/mol. The molecule has 0 bridgehead atoms. The molecule has 0 radical (unpaired) electrons. The summed E-state index contributed by atoms with van der Waals surface area (Å²) >= 11 is 6.59. The van der Waals surface area contributed by atoms with Gasteiger partial charge in [-0.3, -0.25) is 4.79 Å². The van der Waals surface area contributed by atoms with Crippen molar-refractivity contribution in [3.63, 3.8) is 0 Å². The zero-order valence-corrected chi connectivity index (χ0v) is 9.56. The van der Waals surface area contributed by atoms with Crippen LogP contribution in [0.2, 0.25) is 5.02 Å². The van der Waals surface area contributed by atoms with Crippen LogP contribution in [0.3, 0.4) is 0 Å². The minimum atomic E-state index is -0.492. The van der Waals surface area contributed by atoms with Crippen LogP contribution >= 0.6 is 23.3 Å². The number of carbonyl (C=O) groups is 1. The molecule has 0 aliphatic rings. The third-order valence-corrected chi connectivity index (χ3v) is 2.76. The molecule has 0 saturated carbocycles. The molecule has 0 N–H and O–H groups in total. The Kier molecular flexibility index (Phi) is 3.26. The molecule has 16 heavy (non-hydrogen) atoms. The Balaban J connectivity index is 2.15. The number of ketones is 1. The molecule has 0 amide bonds. The molecule has 1 aromatic heterocycles. The summed E-state index contributed by atoms with van der Waals surface area (Å²) in [6.45, 7) is 0. The van der Waals surface area contributed by atoms with E-state index in [4.69, 9.17) is 11.6 Å². The summed E-state index contributed by atoms with van der Waals surface area (Å²) in [6, 6.07) is 4.21. The zero-order valence-electron chi connectivity index (χ0n) is 7.98. The van der Waals surface area contributed by atoms with Crippen molar-refractivity contribution < 1.29 is 9.18 Å². The minimum absolute atomic E-state index is 0.0155. The van der Waals surface area contributed by atoms with E-state index in [0.717, 1.165) is 11.7 Å². The second kappa shape index (κ2) is 4.67. The summed E-state index contributed by atoms with van der Waals surface area (Å²) in [5, 5.41) is 0.0155. The molecule has 0 aliphatic carbocycles. The van der Waals surface area contributed by atoms with E-state index in [1.165, 1.54) is 24.4 Å². The summed E-state index contributed by atoms with van der Waals surface area (Å²) < 4.78 is 20.4. The molecule has 1 aromatic carbocycles. The van der Waals surface area contributed by atoms with Crippen LogP contribution in [0.25, 0.3) is 0 Å². The summed E-state index contributed by atoms with van der Waals surface area (Å²) in [4.78, 5) is 11.6. The predicted molar refractivity (Wildman–Crippen MR) is 59.4 cm³/mol. The first-order valence-corrected chi connectivity index (χ1v) is 5.52. The Bertz CT molecular complexity index is 516. The van der Waals surface area contributed by atoms with E-state index < -0.39 is 5.82 Å². The van der Waals surface area contributed by atoms with Gasteiger partial charge < -0.3 is 0 Å². The van der Waals surface area contributed by atoms with Crippen LogP contribution in [0.1, 0.15) is 16.1 Å². The first-order chi connectivity index (χ1) is 7.66. The Morgan fingerprint density at radius 3 is 2.94 bits per heavy atom. The molecule has 0 atom stereocenters. The molecule has 1 heterocycles. The fourth-order valence-electron chi connectivity index (χ4n) is 1.21. The van der Waals surface area contributed by atoms with Crippen LogP contribution in [0.15, 0.2) is 24.4 Å². The summed E-state index contributed by atoms with van der Waals surface area (Å²) in [6.07, 6.45) is 1.56. The lowest BCUT2D eigenvalue weighted by molar-refractivity contribution is 0.0989. The normalized spacial score (nSPS) is 10.4. The molecule has 0 saturated heterocycles. The van der Waals surface area contributed by atoms with Crippen LogP contribution in [0.4, 0.5) is 4.39 Å². The zero-order chi connectivity index (χ0) is 11.5. The second-order valence-electron chi connectivity index (χ2n) is 3.14. The Morgan fingerprint density at radius 2 is 2.31 bits per heavy atom. The number of aromatic nitrogens is 2. The number of benzene rings is 1. The smallest absolute Gasteiger partial charge is 0.188 e. The van der Waals surface area contributed by atoms with Gasteiger partial charge in [0.15, 0.2) is 5.78 Å². The molecule has 0 aliphatic heterocycles. The van der Waals surface area contributed by atoms with Crippen LogP contribution in [0.5, 0.6) is 0 Å². The maximum Gasteiger partial charge on any atom is 0.188 e. The highest BCUT2D eigenvalue weighted by Gasteiger charge is 2.10. The molecule has 2 aromatic rings. The fourth-order valence-corrected chi connectivity index (χ4v) is 1.85. The lowest BCUT2D eigenvalue weighted by atomic mass is 10.1. The van der Waals surface area contributed by atoms with Gasteiger partial charge >= 0.3 is 0 Å². The van der Waals surface area contributed by atoms with Gasteiger partial charge in [0.25, 0.3) is 0 Å². The molecular formula is C10H6ClFN2OS. The van der Waals surface area contributed by atoms with E-state index in [1.54, 1.807) is 0 Å². The fraction of sp³-hybridized carbons (Fsp3) is 0.100. The summed E-state index contributed by atoms with van der Waals surface area (Å²) in [5.41, 5.74) is 0.981. The van der Waals surface area contributed by atoms with Gasteiger partial charge in [0.05, 0.1) is 22.9 Å². The van der Waals surface area contributed by atoms with Gasteiger partial charge in [0, 0.05) is 6.42 Å². The van der Waals surface area contributed by atoms with Crippen molar-refractivity contribution in [3.05, 3.63) is 46.5 Å².